The number of aromatic nitrogens is 1. The van der Waals surface area contributed by atoms with Crippen LogP contribution in [0, 0.1) is 0 Å². The third-order valence-corrected chi connectivity index (χ3v) is 1.51. The molecule has 78 valence electrons. The second-order valence-electron chi connectivity index (χ2n) is 2.76. The summed E-state index contributed by atoms with van der Waals surface area (Å²) < 4.78 is 41.6. The Morgan fingerprint density at radius 2 is 2.07 bits per heavy atom. The van der Waals surface area contributed by atoms with Crippen molar-refractivity contribution in [3.8, 4) is 5.75 Å². The molecule has 0 amide bonds. The SMILES string of the molecule is CCCOc1cncc(C(F)(F)F)c1. The molecular formula is C9H10F3NO. The van der Waals surface area contributed by atoms with Crippen molar-refractivity contribution in [2.45, 2.75) is 19.5 Å². The molecule has 0 aliphatic heterocycles. The van der Waals surface area contributed by atoms with Crippen molar-refractivity contribution in [2.75, 3.05) is 6.61 Å². The summed E-state index contributed by atoms with van der Waals surface area (Å²) in [6.07, 6.45) is -1.57. The Morgan fingerprint density at radius 3 is 2.64 bits per heavy atom. The molecule has 1 rings (SSSR count). The molecule has 0 aliphatic carbocycles. The van der Waals surface area contributed by atoms with Gasteiger partial charge < -0.3 is 4.74 Å². The zero-order valence-corrected chi connectivity index (χ0v) is 7.64. The number of halogens is 3. The molecule has 0 spiro atoms. The first-order chi connectivity index (χ1) is 6.54. The van der Waals surface area contributed by atoms with Crippen molar-refractivity contribution >= 4 is 0 Å². The first-order valence-corrected chi connectivity index (χ1v) is 4.19. The summed E-state index contributed by atoms with van der Waals surface area (Å²) in [6.45, 7) is 2.27. The van der Waals surface area contributed by atoms with E-state index in [1.54, 1.807) is 0 Å². The lowest BCUT2D eigenvalue weighted by molar-refractivity contribution is -0.137. The largest absolute Gasteiger partial charge is 0.492 e. The Bertz CT molecular complexity index is 298. The summed E-state index contributed by atoms with van der Waals surface area (Å²) in [6, 6.07) is 0.947. The van der Waals surface area contributed by atoms with E-state index < -0.39 is 11.7 Å². The molecule has 14 heavy (non-hydrogen) atoms. The van der Waals surface area contributed by atoms with Crippen LogP contribution < -0.4 is 4.74 Å². The highest BCUT2D eigenvalue weighted by Gasteiger charge is 2.31. The van der Waals surface area contributed by atoms with E-state index in [0.29, 0.717) is 6.61 Å². The fourth-order valence-corrected chi connectivity index (χ4v) is 0.873. The number of hydrogen-bond acceptors (Lipinski definition) is 2. The van der Waals surface area contributed by atoms with Crippen LogP contribution in [0.1, 0.15) is 18.9 Å². The molecular weight excluding hydrogens is 195 g/mol. The molecule has 0 aromatic carbocycles. The lowest BCUT2D eigenvalue weighted by Crippen LogP contribution is -2.06. The van der Waals surface area contributed by atoms with E-state index >= 15 is 0 Å². The van der Waals surface area contributed by atoms with Crippen molar-refractivity contribution < 1.29 is 17.9 Å². The smallest absolute Gasteiger partial charge is 0.418 e. The highest BCUT2D eigenvalue weighted by Crippen LogP contribution is 2.30. The van der Waals surface area contributed by atoms with Crippen molar-refractivity contribution in [1.29, 1.82) is 0 Å². The minimum atomic E-state index is -4.36. The second-order valence-corrected chi connectivity index (χ2v) is 2.76. The predicted octanol–water partition coefficient (Wildman–Crippen LogP) is 2.89. The molecule has 0 atom stereocenters. The van der Waals surface area contributed by atoms with Gasteiger partial charge in [0.15, 0.2) is 0 Å². The average Bonchev–Trinajstić information content (AvgIpc) is 2.14. The maximum atomic E-state index is 12.2. The highest BCUT2D eigenvalue weighted by molar-refractivity contribution is 5.25. The molecule has 0 saturated carbocycles. The zero-order chi connectivity index (χ0) is 10.6. The Balaban J connectivity index is 2.79. The van der Waals surface area contributed by atoms with E-state index in [4.69, 9.17) is 4.74 Å². The number of ether oxygens (including phenoxy) is 1. The van der Waals surface area contributed by atoms with Crippen LogP contribution in [0.5, 0.6) is 5.75 Å². The van der Waals surface area contributed by atoms with Crippen LogP contribution in [0.4, 0.5) is 13.2 Å². The normalized spacial score (nSPS) is 11.4. The summed E-state index contributed by atoms with van der Waals surface area (Å²) in [5.41, 5.74) is -0.786. The van der Waals surface area contributed by atoms with E-state index in [2.05, 4.69) is 4.98 Å². The first-order valence-electron chi connectivity index (χ1n) is 4.19. The number of hydrogen-bond donors (Lipinski definition) is 0. The van der Waals surface area contributed by atoms with Crippen LogP contribution in [-0.4, -0.2) is 11.6 Å². The minimum absolute atomic E-state index is 0.154. The molecule has 0 bridgehead atoms. The third kappa shape index (κ3) is 2.90. The van der Waals surface area contributed by atoms with Gasteiger partial charge in [0.25, 0.3) is 0 Å². The predicted molar refractivity (Wildman–Crippen MR) is 45.0 cm³/mol. The van der Waals surface area contributed by atoms with Crippen molar-refractivity contribution in [2.24, 2.45) is 0 Å². The molecule has 5 heteroatoms. The van der Waals surface area contributed by atoms with Gasteiger partial charge in [-0.15, -0.1) is 0 Å². The molecule has 0 radical (unpaired) electrons. The molecule has 1 heterocycles. The van der Waals surface area contributed by atoms with E-state index in [1.807, 2.05) is 6.92 Å². The second kappa shape index (κ2) is 4.30. The van der Waals surface area contributed by atoms with Crippen LogP contribution in [-0.2, 0) is 6.18 Å². The Morgan fingerprint density at radius 1 is 1.36 bits per heavy atom. The topological polar surface area (TPSA) is 22.1 Å². The van der Waals surface area contributed by atoms with E-state index in [1.165, 1.54) is 6.20 Å². The molecule has 1 aromatic heterocycles. The Hall–Kier alpha value is -1.26. The Kier molecular flexibility index (Phi) is 3.33. The van der Waals surface area contributed by atoms with Gasteiger partial charge in [0, 0.05) is 6.20 Å². The van der Waals surface area contributed by atoms with Gasteiger partial charge in [-0.3, -0.25) is 4.98 Å². The van der Waals surface area contributed by atoms with Crippen molar-refractivity contribution in [1.82, 2.24) is 4.98 Å². The summed E-state index contributed by atoms with van der Waals surface area (Å²) in [4.78, 5) is 3.46. The van der Waals surface area contributed by atoms with Gasteiger partial charge in [-0.25, -0.2) is 0 Å². The minimum Gasteiger partial charge on any atom is -0.492 e. The molecule has 2 nitrogen and oxygen atoms in total. The highest BCUT2D eigenvalue weighted by atomic mass is 19.4. The monoisotopic (exact) mass is 205 g/mol. The number of nitrogens with zero attached hydrogens (tertiary/aromatic N) is 1. The molecule has 0 unspecified atom stereocenters. The lowest BCUT2D eigenvalue weighted by Gasteiger charge is -2.08. The summed E-state index contributed by atoms with van der Waals surface area (Å²) in [7, 11) is 0. The maximum Gasteiger partial charge on any atom is 0.418 e. The fourth-order valence-electron chi connectivity index (χ4n) is 0.873. The fraction of sp³-hybridized carbons (Fsp3) is 0.444. The summed E-state index contributed by atoms with van der Waals surface area (Å²) in [5, 5.41) is 0. The van der Waals surface area contributed by atoms with E-state index in [9.17, 15) is 13.2 Å². The third-order valence-electron chi connectivity index (χ3n) is 1.51. The van der Waals surface area contributed by atoms with Crippen molar-refractivity contribution in [3.05, 3.63) is 24.0 Å². The Labute approximate surface area is 79.7 Å². The van der Waals surface area contributed by atoms with Crippen LogP contribution >= 0.6 is 0 Å². The van der Waals surface area contributed by atoms with Gasteiger partial charge in [0.05, 0.1) is 18.4 Å². The van der Waals surface area contributed by atoms with E-state index in [-0.39, 0.29) is 5.75 Å². The number of alkyl halides is 3. The molecule has 0 N–H and O–H groups in total. The summed E-state index contributed by atoms with van der Waals surface area (Å²) in [5.74, 6) is 0.154. The van der Waals surface area contributed by atoms with Gasteiger partial charge in [0.1, 0.15) is 5.75 Å². The lowest BCUT2D eigenvalue weighted by atomic mass is 10.3. The van der Waals surface area contributed by atoms with Gasteiger partial charge in [-0.1, -0.05) is 6.92 Å². The number of pyridine rings is 1. The maximum absolute atomic E-state index is 12.2. The molecule has 0 saturated heterocycles. The number of rotatable bonds is 3. The molecule has 0 fully saturated rings. The average molecular weight is 205 g/mol. The molecule has 1 aromatic rings. The quantitative estimate of drug-likeness (QED) is 0.756. The first kappa shape index (κ1) is 10.8. The van der Waals surface area contributed by atoms with Crippen LogP contribution in [0.15, 0.2) is 18.5 Å². The van der Waals surface area contributed by atoms with E-state index in [0.717, 1.165) is 18.7 Å². The van der Waals surface area contributed by atoms with Crippen LogP contribution in [0.3, 0.4) is 0 Å². The van der Waals surface area contributed by atoms with Gasteiger partial charge in [0.2, 0.25) is 0 Å². The molecule has 0 aliphatic rings. The van der Waals surface area contributed by atoms with Crippen molar-refractivity contribution in [3.63, 3.8) is 0 Å². The van der Waals surface area contributed by atoms with Gasteiger partial charge >= 0.3 is 6.18 Å². The van der Waals surface area contributed by atoms with Gasteiger partial charge in [-0.2, -0.15) is 13.2 Å². The standard InChI is InChI=1S/C9H10F3NO/c1-2-3-14-8-4-7(5-13-6-8)9(10,11)12/h4-6H,2-3H2,1H3. The zero-order valence-electron chi connectivity index (χ0n) is 7.64. The summed E-state index contributed by atoms with van der Waals surface area (Å²) >= 11 is 0. The van der Waals surface area contributed by atoms with Gasteiger partial charge in [-0.05, 0) is 12.5 Å². The van der Waals surface area contributed by atoms with Crippen LogP contribution in [0.25, 0.3) is 0 Å². The van der Waals surface area contributed by atoms with Crippen LogP contribution in [0.2, 0.25) is 0 Å².